The van der Waals surface area contributed by atoms with Crippen LogP contribution in [0.15, 0.2) is 30.1 Å². The van der Waals surface area contributed by atoms with Crippen LogP contribution in [0.5, 0.6) is 11.5 Å². The first-order valence-electron chi connectivity index (χ1n) is 12.1. The number of hydrogen-bond acceptors (Lipinski definition) is 8. The Kier molecular flexibility index (Phi) is 11.2. The van der Waals surface area contributed by atoms with Crippen molar-refractivity contribution in [2.45, 2.75) is 64.0 Å². The van der Waals surface area contributed by atoms with Gasteiger partial charge in [-0.3, -0.25) is 0 Å². The summed E-state index contributed by atoms with van der Waals surface area (Å²) in [7, 11) is 9.39. The van der Waals surface area contributed by atoms with E-state index in [9.17, 15) is 4.79 Å². The number of hydrogen-bond donors (Lipinski definition) is 0. The molecule has 0 aromatic heterocycles. The molecule has 0 saturated carbocycles. The third kappa shape index (κ3) is 8.11. The Labute approximate surface area is 235 Å². The van der Waals surface area contributed by atoms with Gasteiger partial charge in [0.05, 0.1) is 32.5 Å². The van der Waals surface area contributed by atoms with E-state index >= 15 is 4.39 Å². The molecule has 202 valence electrons. The van der Waals surface area contributed by atoms with Crippen LogP contribution in [0.2, 0.25) is 5.82 Å². The summed E-state index contributed by atoms with van der Waals surface area (Å²) in [5, 5.41) is 0. The number of halogens is 2. The van der Waals surface area contributed by atoms with E-state index in [4.69, 9.17) is 36.3 Å². The van der Waals surface area contributed by atoms with E-state index in [1.807, 2.05) is 6.08 Å². The van der Waals surface area contributed by atoms with Crippen LogP contribution in [0.4, 0.5) is 4.39 Å². The predicted octanol–water partition coefficient (Wildman–Crippen LogP) is 6.06. The molecule has 3 rings (SSSR count). The molecule has 37 heavy (non-hydrogen) atoms. The first-order valence-corrected chi connectivity index (χ1v) is 15.6. The van der Waals surface area contributed by atoms with Crippen molar-refractivity contribution >= 4 is 50.0 Å². The van der Waals surface area contributed by atoms with Crippen LogP contribution in [0.25, 0.3) is 6.08 Å². The zero-order valence-corrected chi connectivity index (χ0v) is 24.7. The molecule has 4 unspecified atom stereocenters. The van der Waals surface area contributed by atoms with Crippen LogP contribution in [0.3, 0.4) is 0 Å². The number of carbonyl (C=O) groups excluding carboxylic acids is 1. The van der Waals surface area contributed by atoms with Crippen LogP contribution in [0, 0.1) is 5.92 Å². The minimum Gasteiger partial charge on any atom is -0.493 e. The Morgan fingerprint density at radius 3 is 2.70 bits per heavy atom. The Balaban J connectivity index is 2.08. The molecule has 1 aromatic carbocycles. The summed E-state index contributed by atoms with van der Waals surface area (Å²) in [6.07, 6.45) is 3.54. The van der Waals surface area contributed by atoms with Gasteiger partial charge < -0.3 is 28.4 Å². The molecule has 1 aromatic rings. The van der Waals surface area contributed by atoms with E-state index in [0.717, 1.165) is 5.75 Å². The number of carbonyl (C=O) groups is 1. The minimum absolute atomic E-state index is 0.0711. The average Bonchev–Trinajstić information content (AvgIpc) is 3.15. The number of rotatable bonds is 7. The highest BCUT2D eigenvalue weighted by Crippen LogP contribution is 2.39. The number of benzene rings is 1. The topological polar surface area (TPSA) is 72.5 Å². The van der Waals surface area contributed by atoms with Crippen molar-refractivity contribution < 1.29 is 37.6 Å². The molecule has 5 atom stereocenters. The lowest BCUT2D eigenvalue weighted by molar-refractivity contribution is -0.145. The largest absolute Gasteiger partial charge is 0.493 e. The van der Waals surface area contributed by atoms with Gasteiger partial charge in [-0.05, 0) is 66.1 Å². The summed E-state index contributed by atoms with van der Waals surface area (Å²) in [6, 6.07) is 3.41. The first-order chi connectivity index (χ1) is 17.6. The summed E-state index contributed by atoms with van der Waals surface area (Å²) in [6.45, 7) is 7.42. The number of ether oxygens (including phenoxy) is 6. The molecular formula is C26H33BFIO7S. The van der Waals surface area contributed by atoms with E-state index in [1.54, 1.807) is 54.8 Å². The molecule has 0 amide bonds. The SMILES string of the molecule is [B]C1/C(F)=C\[C@@H](C)C(C)OC(=O)c2c(cc(OCCSI)cc2OCOC)/C=C/CC2OC(C)(C)OC21. The van der Waals surface area contributed by atoms with Gasteiger partial charge in [-0.15, -0.1) is 0 Å². The number of fused-ring (bicyclic) bond motifs is 2. The van der Waals surface area contributed by atoms with Crippen LogP contribution >= 0.6 is 30.1 Å². The Morgan fingerprint density at radius 2 is 2.00 bits per heavy atom. The first kappa shape index (κ1) is 30.3. The molecule has 0 aliphatic carbocycles. The quantitative estimate of drug-likeness (QED) is 0.117. The normalized spacial score (nSPS) is 30.2. The van der Waals surface area contributed by atoms with Crippen molar-refractivity contribution in [2.75, 3.05) is 26.3 Å². The van der Waals surface area contributed by atoms with Crippen molar-refractivity contribution in [2.24, 2.45) is 5.92 Å². The van der Waals surface area contributed by atoms with E-state index in [2.05, 4.69) is 21.2 Å². The molecule has 2 radical (unpaired) electrons. The van der Waals surface area contributed by atoms with Crippen molar-refractivity contribution in [1.82, 2.24) is 0 Å². The zero-order chi connectivity index (χ0) is 27.2. The van der Waals surface area contributed by atoms with Gasteiger partial charge >= 0.3 is 5.97 Å². The second-order valence-corrected chi connectivity index (χ2v) is 11.9. The fourth-order valence-electron chi connectivity index (χ4n) is 4.14. The maximum atomic E-state index is 15.2. The van der Waals surface area contributed by atoms with Gasteiger partial charge in [0.15, 0.2) is 12.6 Å². The maximum absolute atomic E-state index is 15.2. The standard InChI is InChI=1S/C26H33BFIO7S/c1-15-11-19(28)23(27)24-20(35-26(3,4)36-24)8-6-7-17-12-18(32-9-10-37-29)13-21(33-14-31-5)22(17)25(30)34-16(15)2/h6-7,11-13,15-16,20,23-24H,8-10,14H2,1-5H3/b7-6+,19-11+/t15-,16?,20?,23?,24?/m1/s1. The second kappa shape index (κ2) is 13.7. The molecule has 7 nitrogen and oxygen atoms in total. The van der Waals surface area contributed by atoms with Gasteiger partial charge in [-0.2, -0.15) is 0 Å². The van der Waals surface area contributed by atoms with Crippen LogP contribution in [0.1, 0.15) is 50.0 Å². The lowest BCUT2D eigenvalue weighted by atomic mass is 9.77. The Morgan fingerprint density at radius 1 is 1.24 bits per heavy atom. The van der Waals surface area contributed by atoms with Gasteiger partial charge in [-0.25, -0.2) is 9.18 Å². The molecule has 0 spiro atoms. The predicted molar refractivity (Wildman–Crippen MR) is 151 cm³/mol. The Hall–Kier alpha value is -1.28. The van der Waals surface area contributed by atoms with E-state index < -0.39 is 47.6 Å². The molecule has 1 fully saturated rings. The highest BCUT2D eigenvalue weighted by atomic mass is 127. The molecule has 11 heteroatoms. The van der Waals surface area contributed by atoms with Crippen molar-refractivity contribution in [1.29, 1.82) is 0 Å². The number of cyclic esters (lactones) is 1. The molecule has 2 aliphatic heterocycles. The highest BCUT2D eigenvalue weighted by molar-refractivity contribution is 14.2. The summed E-state index contributed by atoms with van der Waals surface area (Å²) in [5.74, 6) is -1.93. The fraction of sp³-hybridized carbons (Fsp3) is 0.577. The van der Waals surface area contributed by atoms with Crippen LogP contribution in [-0.4, -0.2) is 64.2 Å². The van der Waals surface area contributed by atoms with E-state index in [-0.39, 0.29) is 18.1 Å². The molecule has 2 heterocycles. The van der Waals surface area contributed by atoms with Crippen molar-refractivity contribution in [3.8, 4) is 11.5 Å². The fourth-order valence-corrected chi connectivity index (χ4v) is 4.83. The lowest BCUT2D eigenvalue weighted by Crippen LogP contribution is -2.29. The van der Waals surface area contributed by atoms with Gasteiger partial charge in [0.1, 0.15) is 23.2 Å². The highest BCUT2D eigenvalue weighted by Gasteiger charge is 2.44. The summed E-state index contributed by atoms with van der Waals surface area (Å²) in [5.41, 5.74) is 0.773. The molecule has 1 saturated heterocycles. The molecular weight excluding hydrogens is 613 g/mol. The van der Waals surface area contributed by atoms with Crippen molar-refractivity contribution in [3.05, 3.63) is 41.2 Å². The zero-order valence-electron chi connectivity index (χ0n) is 21.7. The van der Waals surface area contributed by atoms with Gasteiger partial charge in [-0.1, -0.05) is 28.0 Å². The average molecular weight is 646 g/mol. The molecule has 2 aliphatic rings. The smallest absolute Gasteiger partial charge is 0.342 e. The minimum atomic E-state index is -1.02. The summed E-state index contributed by atoms with van der Waals surface area (Å²) in [4.78, 5) is 13.4. The second-order valence-electron chi connectivity index (χ2n) is 9.42. The van der Waals surface area contributed by atoms with Crippen LogP contribution in [-0.2, 0) is 18.9 Å². The number of esters is 1. The monoisotopic (exact) mass is 646 g/mol. The van der Waals surface area contributed by atoms with Crippen molar-refractivity contribution in [3.63, 3.8) is 0 Å². The van der Waals surface area contributed by atoms with Gasteiger partial charge in [0.25, 0.3) is 0 Å². The lowest BCUT2D eigenvalue weighted by Gasteiger charge is -2.25. The van der Waals surface area contributed by atoms with Gasteiger partial charge in [0.2, 0.25) is 0 Å². The van der Waals surface area contributed by atoms with Gasteiger partial charge in [0, 0.05) is 30.7 Å². The number of methoxy groups -OCH3 is 1. The molecule has 0 N–H and O–H groups in total. The Bertz CT molecular complexity index is 1010. The third-order valence-electron chi connectivity index (χ3n) is 6.09. The summed E-state index contributed by atoms with van der Waals surface area (Å²) >= 11 is 2.21. The van der Waals surface area contributed by atoms with E-state index in [1.165, 1.54) is 13.2 Å². The van der Waals surface area contributed by atoms with Crippen LogP contribution < -0.4 is 9.47 Å². The maximum Gasteiger partial charge on any atom is 0.342 e. The third-order valence-corrected chi connectivity index (χ3v) is 7.73. The summed E-state index contributed by atoms with van der Waals surface area (Å²) < 4.78 is 49.7. The molecule has 0 bridgehead atoms. The van der Waals surface area contributed by atoms with E-state index in [0.29, 0.717) is 24.3 Å².